The third-order valence-electron chi connectivity index (χ3n) is 6.84. The second-order valence-corrected chi connectivity index (χ2v) is 15.1. The van der Waals surface area contributed by atoms with Gasteiger partial charge in [0.15, 0.2) is 0 Å². The molecule has 1 aliphatic heterocycles. The molecule has 0 aromatic heterocycles. The second kappa shape index (κ2) is 12.1. The zero-order valence-corrected chi connectivity index (χ0v) is 25.0. The average molecular weight is 608 g/mol. The van der Waals surface area contributed by atoms with E-state index >= 15 is 0 Å². The summed E-state index contributed by atoms with van der Waals surface area (Å²) >= 11 is 0. The van der Waals surface area contributed by atoms with E-state index in [1.165, 1.54) is 36.4 Å². The number of benzene rings is 3. The Labute approximate surface area is 237 Å². The van der Waals surface area contributed by atoms with Crippen molar-refractivity contribution in [1.29, 1.82) is 0 Å². The van der Waals surface area contributed by atoms with Crippen LogP contribution < -0.4 is 0 Å². The highest BCUT2D eigenvalue weighted by Crippen LogP contribution is 2.32. The Balaban J connectivity index is 1.62. The number of piperidine rings is 1. The van der Waals surface area contributed by atoms with E-state index in [1.807, 2.05) is 20.8 Å². The summed E-state index contributed by atoms with van der Waals surface area (Å²) in [7, 11) is -12.5. The fourth-order valence-electron chi connectivity index (χ4n) is 4.56. The van der Waals surface area contributed by atoms with Crippen LogP contribution in [-0.2, 0) is 38.6 Å². The molecule has 40 heavy (non-hydrogen) atoms. The molecule has 3 aromatic carbocycles. The number of sulfonamides is 1. The largest absolute Gasteiger partial charge is 0.297 e. The van der Waals surface area contributed by atoms with Crippen molar-refractivity contribution < 1.29 is 33.6 Å². The lowest BCUT2D eigenvalue weighted by Crippen LogP contribution is -2.53. The maximum Gasteiger partial charge on any atom is 0.297 e. The average Bonchev–Trinajstić information content (AvgIpc) is 2.91. The van der Waals surface area contributed by atoms with Gasteiger partial charge in [-0.1, -0.05) is 59.5 Å². The highest BCUT2D eigenvalue weighted by atomic mass is 32.2. The van der Waals surface area contributed by atoms with Crippen molar-refractivity contribution in [3.63, 3.8) is 0 Å². The molecular formula is C28H33NO8S3. The van der Waals surface area contributed by atoms with Gasteiger partial charge in [-0.2, -0.15) is 21.1 Å². The SMILES string of the molecule is Cc1ccc(S(=O)(=O)OC[C@H]2CCC[C@@H](COS(=O)(=O)c3ccc(C)cc3)N2S(=O)(=O)c2ccc(C)cc2)cc1. The number of aryl methyl sites for hydroxylation is 3. The van der Waals surface area contributed by atoms with E-state index < -0.39 is 55.6 Å². The molecule has 0 aliphatic carbocycles. The van der Waals surface area contributed by atoms with Gasteiger partial charge in [0.2, 0.25) is 10.0 Å². The second-order valence-electron chi connectivity index (χ2n) is 9.99. The van der Waals surface area contributed by atoms with Crippen LogP contribution in [0.1, 0.15) is 36.0 Å². The van der Waals surface area contributed by atoms with Crippen LogP contribution in [0.25, 0.3) is 0 Å². The Kier molecular flexibility index (Phi) is 9.18. The van der Waals surface area contributed by atoms with Gasteiger partial charge >= 0.3 is 0 Å². The highest BCUT2D eigenvalue weighted by Gasteiger charge is 2.41. The Morgan fingerprint density at radius 3 is 1.25 bits per heavy atom. The lowest BCUT2D eigenvalue weighted by atomic mass is 9.99. The van der Waals surface area contributed by atoms with Crippen LogP contribution in [0.15, 0.2) is 87.5 Å². The van der Waals surface area contributed by atoms with Gasteiger partial charge in [0.1, 0.15) is 0 Å². The quantitative estimate of drug-likeness (QED) is 0.312. The van der Waals surface area contributed by atoms with E-state index in [0.29, 0.717) is 19.3 Å². The molecule has 2 atom stereocenters. The summed E-state index contributed by atoms with van der Waals surface area (Å²) in [5, 5.41) is 0. The molecule has 0 bridgehead atoms. The molecule has 0 radical (unpaired) electrons. The number of hydrogen-bond donors (Lipinski definition) is 0. The molecule has 216 valence electrons. The molecule has 1 saturated heterocycles. The predicted molar refractivity (Wildman–Crippen MR) is 150 cm³/mol. The van der Waals surface area contributed by atoms with E-state index in [4.69, 9.17) is 8.37 Å². The first-order valence-electron chi connectivity index (χ1n) is 12.8. The number of nitrogens with zero attached hydrogens (tertiary/aromatic N) is 1. The van der Waals surface area contributed by atoms with E-state index in [2.05, 4.69) is 0 Å². The van der Waals surface area contributed by atoms with Gasteiger partial charge < -0.3 is 0 Å². The Morgan fingerprint density at radius 2 is 0.900 bits per heavy atom. The van der Waals surface area contributed by atoms with Gasteiger partial charge in [0.05, 0.1) is 40.0 Å². The minimum atomic E-state index is -4.17. The standard InChI is InChI=1S/C28H33NO8S3/c1-21-7-13-26(14-8-21)38(30,31)29-24(19-36-39(32,33)27-15-9-22(2)10-16-27)5-4-6-25(29)20-37-40(34,35)28-17-11-23(3)12-18-28/h7-18,24-25H,4-6,19-20H2,1-3H3/t24-,25+. The molecule has 12 heteroatoms. The summed E-state index contributed by atoms with van der Waals surface area (Å²) in [5.74, 6) is 0. The monoisotopic (exact) mass is 607 g/mol. The third-order valence-corrected chi connectivity index (χ3v) is 11.5. The van der Waals surface area contributed by atoms with Crippen molar-refractivity contribution in [3.8, 4) is 0 Å². The van der Waals surface area contributed by atoms with Crippen molar-refractivity contribution in [2.75, 3.05) is 13.2 Å². The molecular weight excluding hydrogens is 575 g/mol. The summed E-state index contributed by atoms with van der Waals surface area (Å²) in [5.41, 5.74) is 2.63. The van der Waals surface area contributed by atoms with Crippen molar-refractivity contribution in [2.45, 2.75) is 66.8 Å². The summed E-state index contributed by atoms with van der Waals surface area (Å²) in [6.45, 7) is 4.63. The van der Waals surface area contributed by atoms with E-state index in [-0.39, 0.29) is 14.7 Å². The van der Waals surface area contributed by atoms with Gasteiger partial charge in [-0.15, -0.1) is 0 Å². The van der Waals surface area contributed by atoms with Crippen molar-refractivity contribution in [3.05, 3.63) is 89.5 Å². The Morgan fingerprint density at radius 1 is 0.575 bits per heavy atom. The smallest absolute Gasteiger partial charge is 0.265 e. The lowest BCUT2D eigenvalue weighted by Gasteiger charge is -2.40. The van der Waals surface area contributed by atoms with E-state index in [1.54, 1.807) is 36.4 Å². The molecule has 0 saturated carbocycles. The molecule has 0 N–H and O–H groups in total. The summed E-state index contributed by atoms with van der Waals surface area (Å²) in [6.07, 6.45) is 1.18. The van der Waals surface area contributed by atoms with Gasteiger partial charge in [-0.25, -0.2) is 8.42 Å². The van der Waals surface area contributed by atoms with Gasteiger partial charge in [0, 0.05) is 0 Å². The first-order chi connectivity index (χ1) is 18.8. The van der Waals surface area contributed by atoms with Crippen molar-refractivity contribution in [1.82, 2.24) is 4.31 Å². The Bertz CT molecular complexity index is 1550. The molecule has 0 unspecified atom stereocenters. The molecule has 1 heterocycles. The normalized spacial score (nSPS) is 19.0. The van der Waals surface area contributed by atoms with Crippen LogP contribution in [0.3, 0.4) is 0 Å². The van der Waals surface area contributed by atoms with Crippen molar-refractivity contribution in [2.24, 2.45) is 0 Å². The fourth-order valence-corrected chi connectivity index (χ4v) is 8.29. The minimum absolute atomic E-state index is 0.0118. The molecule has 1 aliphatic rings. The van der Waals surface area contributed by atoms with Crippen LogP contribution in [-0.4, -0.2) is 54.9 Å². The summed E-state index contributed by atoms with van der Waals surface area (Å²) in [6, 6.07) is 16.8. The van der Waals surface area contributed by atoms with E-state index in [0.717, 1.165) is 21.0 Å². The molecule has 1 fully saturated rings. The topological polar surface area (TPSA) is 124 Å². The van der Waals surface area contributed by atoms with E-state index in [9.17, 15) is 25.3 Å². The predicted octanol–water partition coefficient (Wildman–Crippen LogP) is 4.33. The minimum Gasteiger partial charge on any atom is -0.265 e. The zero-order valence-electron chi connectivity index (χ0n) is 22.6. The summed E-state index contributed by atoms with van der Waals surface area (Å²) < 4.78 is 91.2. The first kappa shape index (κ1) is 30.4. The fraction of sp³-hybridized carbons (Fsp3) is 0.357. The zero-order chi connectivity index (χ0) is 29.1. The maximum absolute atomic E-state index is 13.9. The van der Waals surface area contributed by atoms with Crippen LogP contribution in [0.2, 0.25) is 0 Å². The molecule has 4 rings (SSSR count). The molecule has 3 aromatic rings. The molecule has 0 amide bonds. The summed E-state index contributed by atoms with van der Waals surface area (Å²) in [4.78, 5) is -0.0605. The molecule has 0 spiro atoms. The molecule has 9 nitrogen and oxygen atoms in total. The number of rotatable bonds is 10. The Hall–Kier alpha value is -2.61. The lowest BCUT2D eigenvalue weighted by molar-refractivity contribution is 0.0985. The van der Waals surface area contributed by atoms with Gasteiger partial charge in [-0.3, -0.25) is 8.37 Å². The third kappa shape index (κ3) is 6.99. The van der Waals surface area contributed by atoms with Crippen LogP contribution in [0.5, 0.6) is 0 Å². The van der Waals surface area contributed by atoms with Gasteiger partial charge in [0.25, 0.3) is 20.2 Å². The first-order valence-corrected chi connectivity index (χ1v) is 17.1. The highest BCUT2D eigenvalue weighted by molar-refractivity contribution is 7.89. The van der Waals surface area contributed by atoms with Gasteiger partial charge in [-0.05, 0) is 70.0 Å². The van der Waals surface area contributed by atoms with Crippen molar-refractivity contribution >= 4 is 30.3 Å². The van der Waals surface area contributed by atoms with Crippen LogP contribution in [0, 0.1) is 20.8 Å². The maximum atomic E-state index is 13.9. The van der Waals surface area contributed by atoms with Crippen LogP contribution in [0.4, 0.5) is 0 Å². The number of hydrogen-bond acceptors (Lipinski definition) is 8. The van der Waals surface area contributed by atoms with Crippen LogP contribution >= 0.6 is 0 Å².